The molecule has 2 rings (SSSR count). The standard InChI is InChI=1S/C16H20N2O2/c1-3-7-18(8-9-19)15(20)10-13-11-17-16-12(2)5-4-6-14(13)16/h3-6,11,17,19H,1,7-10H2,2H3. The van der Waals surface area contributed by atoms with E-state index in [2.05, 4.69) is 11.6 Å². The van der Waals surface area contributed by atoms with Gasteiger partial charge in [-0.15, -0.1) is 6.58 Å². The second kappa shape index (κ2) is 6.39. The molecule has 0 saturated carbocycles. The largest absolute Gasteiger partial charge is 0.395 e. The third-order valence-corrected chi connectivity index (χ3v) is 3.42. The van der Waals surface area contributed by atoms with Crippen LogP contribution in [-0.4, -0.2) is 40.6 Å². The molecule has 0 unspecified atom stereocenters. The van der Waals surface area contributed by atoms with Crippen molar-refractivity contribution in [1.82, 2.24) is 9.88 Å². The molecular weight excluding hydrogens is 252 g/mol. The fourth-order valence-electron chi connectivity index (χ4n) is 2.38. The van der Waals surface area contributed by atoms with Crippen LogP contribution < -0.4 is 0 Å². The van der Waals surface area contributed by atoms with Crippen molar-refractivity contribution in [1.29, 1.82) is 0 Å². The minimum absolute atomic E-state index is 0.00126. The molecule has 0 aliphatic carbocycles. The van der Waals surface area contributed by atoms with Crippen molar-refractivity contribution in [3.63, 3.8) is 0 Å². The van der Waals surface area contributed by atoms with Crippen molar-refractivity contribution in [2.45, 2.75) is 13.3 Å². The molecule has 1 amide bonds. The number of nitrogens with zero attached hydrogens (tertiary/aromatic N) is 1. The van der Waals surface area contributed by atoms with E-state index in [0.29, 0.717) is 19.5 Å². The summed E-state index contributed by atoms with van der Waals surface area (Å²) in [6, 6.07) is 6.06. The zero-order valence-corrected chi connectivity index (χ0v) is 11.7. The van der Waals surface area contributed by atoms with E-state index in [4.69, 9.17) is 5.11 Å². The van der Waals surface area contributed by atoms with Crippen molar-refractivity contribution in [3.05, 3.63) is 48.2 Å². The fraction of sp³-hybridized carbons (Fsp3) is 0.312. The van der Waals surface area contributed by atoms with Crippen LogP contribution in [0.2, 0.25) is 0 Å². The van der Waals surface area contributed by atoms with E-state index < -0.39 is 0 Å². The lowest BCUT2D eigenvalue weighted by Gasteiger charge is -2.19. The summed E-state index contributed by atoms with van der Waals surface area (Å²) in [5.41, 5.74) is 3.23. The van der Waals surface area contributed by atoms with Crippen molar-refractivity contribution in [2.75, 3.05) is 19.7 Å². The Bertz CT molecular complexity index is 616. The number of benzene rings is 1. The van der Waals surface area contributed by atoms with Crippen LogP contribution in [0.4, 0.5) is 0 Å². The van der Waals surface area contributed by atoms with Crippen LogP contribution in [-0.2, 0) is 11.2 Å². The quantitative estimate of drug-likeness (QED) is 0.791. The van der Waals surface area contributed by atoms with Crippen LogP contribution in [0.25, 0.3) is 10.9 Å². The van der Waals surface area contributed by atoms with E-state index >= 15 is 0 Å². The molecule has 0 saturated heterocycles. The molecule has 0 aliphatic heterocycles. The van der Waals surface area contributed by atoms with E-state index in [1.165, 1.54) is 5.56 Å². The van der Waals surface area contributed by atoms with Gasteiger partial charge in [0.05, 0.1) is 13.0 Å². The number of aromatic amines is 1. The number of aromatic nitrogens is 1. The Balaban J connectivity index is 2.21. The third kappa shape index (κ3) is 2.91. The smallest absolute Gasteiger partial charge is 0.227 e. The zero-order chi connectivity index (χ0) is 14.5. The van der Waals surface area contributed by atoms with Crippen LogP contribution in [0, 0.1) is 6.92 Å². The number of aryl methyl sites for hydroxylation is 1. The van der Waals surface area contributed by atoms with Crippen molar-refractivity contribution in [3.8, 4) is 0 Å². The van der Waals surface area contributed by atoms with E-state index in [0.717, 1.165) is 16.5 Å². The zero-order valence-electron chi connectivity index (χ0n) is 11.7. The molecule has 0 spiro atoms. The maximum absolute atomic E-state index is 12.3. The Morgan fingerprint density at radius 2 is 2.30 bits per heavy atom. The van der Waals surface area contributed by atoms with Gasteiger partial charge in [-0.2, -0.15) is 0 Å². The maximum Gasteiger partial charge on any atom is 0.227 e. The molecule has 2 aromatic rings. The van der Waals surface area contributed by atoms with E-state index in [9.17, 15) is 4.79 Å². The molecule has 0 bridgehead atoms. The summed E-state index contributed by atoms with van der Waals surface area (Å²) in [6.45, 7) is 6.45. The summed E-state index contributed by atoms with van der Waals surface area (Å²) in [7, 11) is 0. The minimum atomic E-state index is -0.0351. The first-order valence-electron chi connectivity index (χ1n) is 6.72. The van der Waals surface area contributed by atoms with Gasteiger partial charge in [0.1, 0.15) is 0 Å². The number of amides is 1. The average molecular weight is 272 g/mol. The second-order valence-corrected chi connectivity index (χ2v) is 4.84. The average Bonchev–Trinajstić information content (AvgIpc) is 2.83. The topological polar surface area (TPSA) is 56.3 Å². The predicted molar refractivity (Wildman–Crippen MR) is 80.6 cm³/mol. The molecule has 1 aromatic carbocycles. The number of para-hydroxylation sites is 1. The van der Waals surface area contributed by atoms with Crippen LogP contribution >= 0.6 is 0 Å². The fourth-order valence-corrected chi connectivity index (χ4v) is 2.38. The Hall–Kier alpha value is -2.07. The van der Waals surface area contributed by atoms with Crippen molar-refractivity contribution >= 4 is 16.8 Å². The molecule has 2 N–H and O–H groups in total. The number of hydrogen-bond acceptors (Lipinski definition) is 2. The first-order chi connectivity index (χ1) is 9.67. The number of aliphatic hydroxyl groups is 1. The highest BCUT2D eigenvalue weighted by atomic mass is 16.3. The molecule has 0 aliphatic rings. The lowest BCUT2D eigenvalue weighted by molar-refractivity contribution is -0.130. The molecule has 106 valence electrons. The number of hydrogen-bond donors (Lipinski definition) is 2. The molecule has 1 heterocycles. The van der Waals surface area contributed by atoms with Gasteiger partial charge in [-0.3, -0.25) is 4.79 Å². The van der Waals surface area contributed by atoms with E-state index in [1.807, 2.05) is 31.3 Å². The molecule has 1 aromatic heterocycles. The number of nitrogens with one attached hydrogen (secondary N) is 1. The number of aliphatic hydroxyl groups excluding tert-OH is 1. The summed E-state index contributed by atoms with van der Waals surface area (Å²) in [6.07, 6.45) is 3.89. The SMILES string of the molecule is C=CCN(CCO)C(=O)Cc1c[nH]c2c(C)cccc12. The first-order valence-corrected chi connectivity index (χ1v) is 6.72. The van der Waals surface area contributed by atoms with Crippen LogP contribution in [0.3, 0.4) is 0 Å². The molecule has 4 heteroatoms. The second-order valence-electron chi connectivity index (χ2n) is 4.84. The monoisotopic (exact) mass is 272 g/mol. The van der Waals surface area contributed by atoms with E-state index in [-0.39, 0.29) is 12.5 Å². The van der Waals surface area contributed by atoms with Crippen LogP contribution in [0.15, 0.2) is 37.1 Å². The number of rotatable bonds is 6. The highest BCUT2D eigenvalue weighted by Crippen LogP contribution is 2.21. The highest BCUT2D eigenvalue weighted by Gasteiger charge is 2.15. The molecule has 0 radical (unpaired) electrons. The number of carbonyl (C=O) groups is 1. The van der Waals surface area contributed by atoms with Gasteiger partial charge in [0.25, 0.3) is 0 Å². The lowest BCUT2D eigenvalue weighted by atomic mass is 10.1. The first kappa shape index (κ1) is 14.3. The number of carbonyl (C=O) groups excluding carboxylic acids is 1. The van der Waals surface area contributed by atoms with E-state index in [1.54, 1.807) is 11.0 Å². The summed E-state index contributed by atoms with van der Waals surface area (Å²) < 4.78 is 0. The molecule has 0 fully saturated rings. The van der Waals surface area contributed by atoms with Crippen molar-refractivity contribution < 1.29 is 9.90 Å². The third-order valence-electron chi connectivity index (χ3n) is 3.42. The highest BCUT2D eigenvalue weighted by molar-refractivity contribution is 5.90. The Labute approximate surface area is 118 Å². The number of H-pyrrole nitrogens is 1. The van der Waals surface area contributed by atoms with Gasteiger partial charge in [-0.1, -0.05) is 24.3 Å². The summed E-state index contributed by atoms with van der Waals surface area (Å²) in [5, 5.41) is 10.1. The minimum Gasteiger partial charge on any atom is -0.395 e. The lowest BCUT2D eigenvalue weighted by Crippen LogP contribution is -2.34. The molecular formula is C16H20N2O2. The maximum atomic E-state index is 12.3. The molecule has 20 heavy (non-hydrogen) atoms. The van der Waals surface area contributed by atoms with Gasteiger partial charge in [-0.25, -0.2) is 0 Å². The van der Waals surface area contributed by atoms with Gasteiger partial charge in [-0.05, 0) is 18.1 Å². The summed E-state index contributed by atoms with van der Waals surface area (Å²) in [4.78, 5) is 17.1. The molecule has 0 atom stereocenters. The van der Waals surface area contributed by atoms with Crippen LogP contribution in [0.5, 0.6) is 0 Å². The summed E-state index contributed by atoms with van der Waals surface area (Å²) in [5.74, 6) is 0.00126. The van der Waals surface area contributed by atoms with Gasteiger partial charge in [0.2, 0.25) is 5.91 Å². The van der Waals surface area contributed by atoms with Gasteiger partial charge in [0, 0.05) is 30.2 Å². The van der Waals surface area contributed by atoms with Gasteiger partial charge in [0.15, 0.2) is 0 Å². The van der Waals surface area contributed by atoms with Gasteiger partial charge >= 0.3 is 0 Å². The number of fused-ring (bicyclic) bond motifs is 1. The van der Waals surface area contributed by atoms with Gasteiger partial charge < -0.3 is 15.0 Å². The van der Waals surface area contributed by atoms with Crippen LogP contribution in [0.1, 0.15) is 11.1 Å². The normalized spacial score (nSPS) is 10.7. The Morgan fingerprint density at radius 1 is 1.50 bits per heavy atom. The van der Waals surface area contributed by atoms with Crippen molar-refractivity contribution in [2.24, 2.45) is 0 Å². The summed E-state index contributed by atoms with van der Waals surface area (Å²) >= 11 is 0. The predicted octanol–water partition coefficient (Wildman–Crippen LogP) is 2.03. The molecule has 4 nitrogen and oxygen atoms in total. The Morgan fingerprint density at radius 3 is 3.00 bits per heavy atom. The Kier molecular flexibility index (Phi) is 4.58.